The molecule has 2 aromatic rings. The first-order valence-electron chi connectivity index (χ1n) is 6.87. The van der Waals surface area contributed by atoms with E-state index < -0.39 is 21.8 Å². The SMILES string of the molecule is O=S(=O)(O)CC1Cc2c(F)ccc(OCc3ccccc3)c21. The summed E-state index contributed by atoms with van der Waals surface area (Å²) in [5.41, 5.74) is 1.99. The predicted octanol–water partition coefficient (Wildman–Crippen LogP) is 2.93. The molecule has 2 aromatic carbocycles. The molecule has 116 valence electrons. The maximum atomic E-state index is 13.7. The third-order valence-corrected chi connectivity index (χ3v) is 4.59. The van der Waals surface area contributed by atoms with Gasteiger partial charge in [0.25, 0.3) is 10.1 Å². The first kappa shape index (κ1) is 15.0. The largest absolute Gasteiger partial charge is 0.489 e. The lowest BCUT2D eigenvalue weighted by Crippen LogP contribution is -2.27. The molecule has 0 saturated heterocycles. The summed E-state index contributed by atoms with van der Waals surface area (Å²) in [5, 5.41) is 0. The Bertz CT molecular complexity index is 787. The van der Waals surface area contributed by atoms with Crippen molar-refractivity contribution in [3.8, 4) is 5.75 Å². The molecule has 0 amide bonds. The molecule has 22 heavy (non-hydrogen) atoms. The number of rotatable bonds is 5. The van der Waals surface area contributed by atoms with Crippen molar-refractivity contribution < 1.29 is 22.1 Å². The number of fused-ring (bicyclic) bond motifs is 1. The van der Waals surface area contributed by atoms with E-state index >= 15 is 0 Å². The van der Waals surface area contributed by atoms with E-state index in [0.717, 1.165) is 5.56 Å². The fourth-order valence-electron chi connectivity index (χ4n) is 2.75. The van der Waals surface area contributed by atoms with Gasteiger partial charge in [0.05, 0.1) is 5.75 Å². The van der Waals surface area contributed by atoms with Crippen LogP contribution >= 0.6 is 0 Å². The van der Waals surface area contributed by atoms with E-state index in [1.54, 1.807) is 0 Å². The van der Waals surface area contributed by atoms with Gasteiger partial charge in [-0.1, -0.05) is 30.3 Å². The van der Waals surface area contributed by atoms with E-state index in [2.05, 4.69) is 0 Å². The Balaban J connectivity index is 1.82. The highest BCUT2D eigenvalue weighted by atomic mass is 32.2. The van der Waals surface area contributed by atoms with Gasteiger partial charge < -0.3 is 4.74 Å². The zero-order valence-corrected chi connectivity index (χ0v) is 12.5. The Morgan fingerprint density at radius 1 is 1.18 bits per heavy atom. The molecule has 0 bridgehead atoms. The fraction of sp³-hybridized carbons (Fsp3) is 0.250. The summed E-state index contributed by atoms with van der Waals surface area (Å²) in [6.45, 7) is 0.317. The predicted molar refractivity (Wildman–Crippen MR) is 80.0 cm³/mol. The van der Waals surface area contributed by atoms with Gasteiger partial charge in [-0.3, -0.25) is 4.55 Å². The summed E-state index contributed by atoms with van der Waals surface area (Å²) in [6.07, 6.45) is 0.295. The van der Waals surface area contributed by atoms with Crippen LogP contribution in [-0.4, -0.2) is 18.7 Å². The highest BCUT2D eigenvalue weighted by Crippen LogP contribution is 2.43. The van der Waals surface area contributed by atoms with E-state index in [1.807, 2.05) is 30.3 Å². The van der Waals surface area contributed by atoms with Gasteiger partial charge in [0.15, 0.2) is 0 Å². The summed E-state index contributed by atoms with van der Waals surface area (Å²) < 4.78 is 50.5. The van der Waals surface area contributed by atoms with E-state index in [0.29, 0.717) is 29.9 Å². The van der Waals surface area contributed by atoms with Crippen molar-refractivity contribution in [3.63, 3.8) is 0 Å². The molecule has 0 saturated carbocycles. The van der Waals surface area contributed by atoms with Gasteiger partial charge in [-0.2, -0.15) is 8.42 Å². The molecule has 1 aliphatic rings. The Hall–Kier alpha value is -1.92. The molecule has 6 heteroatoms. The number of hydrogen-bond donors (Lipinski definition) is 1. The Kier molecular flexibility index (Phi) is 3.88. The molecule has 1 N–H and O–H groups in total. The molecular weight excluding hydrogens is 307 g/mol. The van der Waals surface area contributed by atoms with Crippen LogP contribution in [-0.2, 0) is 23.1 Å². The monoisotopic (exact) mass is 322 g/mol. The van der Waals surface area contributed by atoms with Crippen LogP contribution in [0.25, 0.3) is 0 Å². The second-order valence-electron chi connectivity index (χ2n) is 5.36. The smallest absolute Gasteiger partial charge is 0.265 e. The molecule has 0 aromatic heterocycles. The topological polar surface area (TPSA) is 63.6 Å². The van der Waals surface area contributed by atoms with Crippen LogP contribution < -0.4 is 4.74 Å². The van der Waals surface area contributed by atoms with Crippen molar-refractivity contribution >= 4 is 10.1 Å². The third-order valence-electron chi connectivity index (χ3n) is 3.77. The Morgan fingerprint density at radius 3 is 2.59 bits per heavy atom. The highest BCUT2D eigenvalue weighted by Gasteiger charge is 2.35. The normalized spacial score (nSPS) is 16.7. The van der Waals surface area contributed by atoms with Crippen molar-refractivity contribution in [2.45, 2.75) is 18.9 Å². The lowest BCUT2D eigenvalue weighted by molar-refractivity contribution is 0.296. The van der Waals surface area contributed by atoms with Crippen molar-refractivity contribution in [2.75, 3.05) is 5.75 Å². The summed E-state index contributed by atoms with van der Waals surface area (Å²) in [4.78, 5) is 0. The van der Waals surface area contributed by atoms with Crippen LogP contribution in [0.15, 0.2) is 42.5 Å². The van der Waals surface area contributed by atoms with Gasteiger partial charge in [0.1, 0.15) is 18.2 Å². The maximum absolute atomic E-state index is 13.7. The Labute approximate surface area is 128 Å². The molecule has 3 rings (SSSR count). The standard InChI is InChI=1S/C16H15FO4S/c17-14-6-7-15(21-9-11-4-2-1-3-5-11)16-12(8-13(14)16)10-22(18,19)20/h1-7,12H,8-10H2,(H,18,19,20). The first-order chi connectivity index (χ1) is 10.4. The molecule has 0 spiro atoms. The third kappa shape index (κ3) is 3.13. The number of benzene rings is 2. The van der Waals surface area contributed by atoms with Gasteiger partial charge in [0.2, 0.25) is 0 Å². The molecule has 1 aliphatic carbocycles. The van der Waals surface area contributed by atoms with E-state index in [4.69, 9.17) is 9.29 Å². The molecule has 0 fully saturated rings. The van der Waals surface area contributed by atoms with Crippen LogP contribution in [0.5, 0.6) is 5.75 Å². The second kappa shape index (κ2) is 5.70. The molecular formula is C16H15FO4S. The lowest BCUT2D eigenvalue weighted by atomic mass is 9.77. The minimum absolute atomic E-state index is 0.295. The van der Waals surface area contributed by atoms with Crippen LogP contribution in [0, 0.1) is 5.82 Å². The maximum Gasteiger partial charge on any atom is 0.265 e. The van der Waals surface area contributed by atoms with Crippen LogP contribution in [0.4, 0.5) is 4.39 Å². The van der Waals surface area contributed by atoms with E-state index in [9.17, 15) is 12.8 Å². The van der Waals surface area contributed by atoms with E-state index in [1.165, 1.54) is 12.1 Å². The Morgan fingerprint density at radius 2 is 1.91 bits per heavy atom. The molecule has 0 aliphatic heterocycles. The fourth-order valence-corrected chi connectivity index (χ4v) is 3.54. The van der Waals surface area contributed by atoms with Gasteiger partial charge in [-0.25, -0.2) is 4.39 Å². The van der Waals surface area contributed by atoms with Gasteiger partial charge in [-0.05, 0) is 29.7 Å². The number of halogens is 1. The van der Waals surface area contributed by atoms with Gasteiger partial charge in [0, 0.05) is 11.5 Å². The summed E-state index contributed by atoms with van der Waals surface area (Å²) in [7, 11) is -4.10. The van der Waals surface area contributed by atoms with Gasteiger partial charge in [-0.15, -0.1) is 0 Å². The molecule has 1 atom stereocenters. The minimum Gasteiger partial charge on any atom is -0.489 e. The lowest BCUT2D eigenvalue weighted by Gasteiger charge is -2.31. The number of hydrogen-bond acceptors (Lipinski definition) is 3. The van der Waals surface area contributed by atoms with Crippen molar-refractivity contribution in [1.29, 1.82) is 0 Å². The zero-order chi connectivity index (χ0) is 15.7. The minimum atomic E-state index is -4.10. The van der Waals surface area contributed by atoms with Crippen molar-refractivity contribution in [2.24, 2.45) is 0 Å². The quantitative estimate of drug-likeness (QED) is 0.860. The van der Waals surface area contributed by atoms with Crippen molar-refractivity contribution in [1.82, 2.24) is 0 Å². The number of ether oxygens (including phenoxy) is 1. The molecule has 4 nitrogen and oxygen atoms in total. The molecule has 0 heterocycles. The second-order valence-corrected chi connectivity index (χ2v) is 6.86. The first-order valence-corrected chi connectivity index (χ1v) is 8.48. The van der Waals surface area contributed by atoms with Crippen LogP contribution in [0.3, 0.4) is 0 Å². The molecule has 1 unspecified atom stereocenters. The highest BCUT2D eigenvalue weighted by molar-refractivity contribution is 7.85. The molecule has 0 radical (unpaired) electrons. The van der Waals surface area contributed by atoms with Crippen LogP contribution in [0.1, 0.15) is 22.6 Å². The zero-order valence-electron chi connectivity index (χ0n) is 11.7. The van der Waals surface area contributed by atoms with Crippen molar-refractivity contribution in [3.05, 3.63) is 65.0 Å². The van der Waals surface area contributed by atoms with Gasteiger partial charge >= 0.3 is 0 Å². The van der Waals surface area contributed by atoms with Crippen LogP contribution in [0.2, 0.25) is 0 Å². The average Bonchev–Trinajstić information content (AvgIpc) is 2.45. The summed E-state index contributed by atoms with van der Waals surface area (Å²) in [5.74, 6) is -0.731. The summed E-state index contributed by atoms with van der Waals surface area (Å²) in [6, 6.07) is 12.3. The van der Waals surface area contributed by atoms with E-state index in [-0.39, 0.29) is 5.82 Å². The summed E-state index contributed by atoms with van der Waals surface area (Å²) >= 11 is 0. The average molecular weight is 322 g/mol.